The van der Waals surface area contributed by atoms with Gasteiger partial charge in [0.15, 0.2) is 0 Å². The van der Waals surface area contributed by atoms with E-state index in [0.29, 0.717) is 5.90 Å². The number of methoxy groups -OCH3 is 1. The molecule has 0 bridgehead atoms. The van der Waals surface area contributed by atoms with Crippen LogP contribution in [0.4, 0.5) is 0 Å². The zero-order chi connectivity index (χ0) is 15.4. The summed E-state index contributed by atoms with van der Waals surface area (Å²) < 4.78 is 16.9. The molecule has 0 spiro atoms. The van der Waals surface area contributed by atoms with Gasteiger partial charge in [0.1, 0.15) is 5.75 Å². The van der Waals surface area contributed by atoms with Gasteiger partial charge in [0, 0.05) is 5.56 Å². The van der Waals surface area contributed by atoms with Gasteiger partial charge in [0.2, 0.25) is 14.2 Å². The van der Waals surface area contributed by atoms with Gasteiger partial charge in [-0.15, -0.1) is 0 Å². The molecular formula is C14H25NO3Si2. The SMILES string of the molecule is COc1cccc(/C(=N/O[Si](C)(C)C)O[Si](C)(C)C)c1. The van der Waals surface area contributed by atoms with Crippen LogP contribution in [-0.2, 0) is 8.95 Å². The van der Waals surface area contributed by atoms with Crippen LogP contribution in [0.1, 0.15) is 5.56 Å². The number of nitrogens with zero attached hydrogens (tertiary/aromatic N) is 1. The standard InChI is InChI=1S/C14H25NO3Si2/c1-16-13-10-8-9-12(11-13)14(17-19(2,3)4)15-18-20(5,6)7/h8-11H,1-7H3/b15-14-. The largest absolute Gasteiger partial charge is 0.529 e. The fraction of sp³-hybridized carbons (Fsp3) is 0.500. The minimum absolute atomic E-state index is 0.547. The maximum atomic E-state index is 6.05. The average Bonchev–Trinajstić information content (AvgIpc) is 2.32. The third kappa shape index (κ3) is 6.25. The fourth-order valence-electron chi connectivity index (χ4n) is 1.35. The first-order valence-corrected chi connectivity index (χ1v) is 13.5. The van der Waals surface area contributed by atoms with E-state index in [2.05, 4.69) is 44.4 Å². The van der Waals surface area contributed by atoms with Crippen molar-refractivity contribution in [2.24, 2.45) is 5.16 Å². The van der Waals surface area contributed by atoms with E-state index in [1.165, 1.54) is 0 Å². The summed E-state index contributed by atoms with van der Waals surface area (Å²) in [4.78, 5) is 0. The lowest BCUT2D eigenvalue weighted by atomic mass is 10.2. The average molecular weight is 312 g/mol. The Hall–Kier alpha value is -1.28. The van der Waals surface area contributed by atoms with Crippen LogP contribution in [0.3, 0.4) is 0 Å². The second kappa shape index (κ2) is 6.45. The summed E-state index contributed by atoms with van der Waals surface area (Å²) in [6.07, 6.45) is 0. The Kier molecular flexibility index (Phi) is 5.41. The van der Waals surface area contributed by atoms with Gasteiger partial charge in [-0.05, 0) is 57.5 Å². The zero-order valence-corrected chi connectivity index (χ0v) is 15.5. The molecule has 6 heteroatoms. The predicted molar refractivity (Wildman–Crippen MR) is 88.4 cm³/mol. The molecule has 0 saturated heterocycles. The monoisotopic (exact) mass is 311 g/mol. The first kappa shape index (κ1) is 16.8. The summed E-state index contributed by atoms with van der Waals surface area (Å²) in [5.74, 6) is 1.33. The maximum absolute atomic E-state index is 6.05. The number of benzene rings is 1. The van der Waals surface area contributed by atoms with Crippen molar-refractivity contribution in [3.63, 3.8) is 0 Å². The molecule has 4 nitrogen and oxygen atoms in total. The van der Waals surface area contributed by atoms with Gasteiger partial charge >= 0.3 is 0 Å². The van der Waals surface area contributed by atoms with Crippen molar-refractivity contribution >= 4 is 22.5 Å². The van der Waals surface area contributed by atoms with E-state index in [0.717, 1.165) is 11.3 Å². The van der Waals surface area contributed by atoms with E-state index >= 15 is 0 Å². The van der Waals surface area contributed by atoms with Crippen molar-refractivity contribution in [3.8, 4) is 5.75 Å². The van der Waals surface area contributed by atoms with Crippen molar-refractivity contribution < 1.29 is 13.7 Å². The van der Waals surface area contributed by atoms with Gasteiger partial charge in [-0.2, -0.15) is 0 Å². The molecule has 112 valence electrons. The number of ether oxygens (including phenoxy) is 1. The van der Waals surface area contributed by atoms with Gasteiger partial charge < -0.3 is 13.7 Å². The molecule has 0 aromatic heterocycles. The first-order valence-electron chi connectivity index (χ1n) is 6.70. The molecule has 20 heavy (non-hydrogen) atoms. The van der Waals surface area contributed by atoms with Gasteiger partial charge in [0.25, 0.3) is 8.32 Å². The van der Waals surface area contributed by atoms with E-state index in [4.69, 9.17) is 13.7 Å². The smallest absolute Gasteiger partial charge is 0.278 e. The van der Waals surface area contributed by atoms with Crippen molar-refractivity contribution in [3.05, 3.63) is 29.8 Å². The van der Waals surface area contributed by atoms with Crippen molar-refractivity contribution in [2.45, 2.75) is 39.3 Å². The molecule has 0 amide bonds. The summed E-state index contributed by atoms with van der Waals surface area (Å²) in [5.41, 5.74) is 0.880. The molecule has 0 N–H and O–H groups in total. The van der Waals surface area contributed by atoms with E-state index in [9.17, 15) is 0 Å². The molecule has 0 radical (unpaired) electrons. The maximum Gasteiger partial charge on any atom is 0.278 e. The summed E-state index contributed by atoms with van der Waals surface area (Å²) >= 11 is 0. The molecule has 0 aliphatic rings. The Bertz CT molecular complexity index is 476. The molecule has 1 aromatic rings. The molecule has 0 unspecified atom stereocenters. The van der Waals surface area contributed by atoms with Gasteiger partial charge in [-0.1, -0.05) is 11.2 Å². The summed E-state index contributed by atoms with van der Waals surface area (Å²) in [6.45, 7) is 12.6. The highest BCUT2D eigenvalue weighted by Crippen LogP contribution is 2.17. The van der Waals surface area contributed by atoms with Crippen LogP contribution in [0, 0.1) is 0 Å². The van der Waals surface area contributed by atoms with Crippen molar-refractivity contribution in [2.75, 3.05) is 7.11 Å². The Balaban J connectivity index is 3.09. The number of hydrogen-bond donors (Lipinski definition) is 0. The first-order chi connectivity index (χ1) is 9.11. The van der Waals surface area contributed by atoms with Crippen LogP contribution in [0.2, 0.25) is 39.3 Å². The van der Waals surface area contributed by atoms with Gasteiger partial charge in [-0.25, -0.2) is 0 Å². The van der Waals surface area contributed by atoms with Crippen molar-refractivity contribution in [1.29, 1.82) is 0 Å². The Morgan fingerprint density at radius 2 is 1.65 bits per heavy atom. The molecular weight excluding hydrogens is 286 g/mol. The number of rotatable bonds is 5. The van der Waals surface area contributed by atoms with E-state index in [1.54, 1.807) is 7.11 Å². The van der Waals surface area contributed by atoms with Crippen LogP contribution >= 0.6 is 0 Å². The lowest BCUT2D eigenvalue weighted by Gasteiger charge is -2.22. The second-order valence-electron chi connectivity index (χ2n) is 6.55. The van der Waals surface area contributed by atoms with Crippen LogP contribution < -0.4 is 4.74 Å². The van der Waals surface area contributed by atoms with Crippen molar-refractivity contribution in [1.82, 2.24) is 0 Å². The Labute approximate surface area is 124 Å². The number of oxime groups is 1. The quantitative estimate of drug-likeness (QED) is 0.356. The zero-order valence-electron chi connectivity index (χ0n) is 13.5. The van der Waals surface area contributed by atoms with Crippen LogP contribution in [0.15, 0.2) is 29.4 Å². The lowest BCUT2D eigenvalue weighted by Crippen LogP contribution is -2.31. The Morgan fingerprint density at radius 1 is 1.00 bits per heavy atom. The molecule has 0 aliphatic heterocycles. The topological polar surface area (TPSA) is 40.0 Å². The normalized spacial score (nSPS) is 13.1. The molecule has 0 atom stereocenters. The third-order valence-electron chi connectivity index (χ3n) is 2.12. The molecule has 0 saturated carbocycles. The molecule has 0 heterocycles. The molecule has 0 fully saturated rings. The van der Waals surface area contributed by atoms with E-state index < -0.39 is 16.6 Å². The van der Waals surface area contributed by atoms with Crippen LogP contribution in [0.5, 0.6) is 5.75 Å². The second-order valence-corrected chi connectivity index (χ2v) is 15.4. The fourth-order valence-corrected chi connectivity index (χ4v) is 2.45. The lowest BCUT2D eigenvalue weighted by molar-refractivity contribution is 0.320. The van der Waals surface area contributed by atoms with Crippen LogP contribution in [0.25, 0.3) is 0 Å². The van der Waals surface area contributed by atoms with Gasteiger partial charge in [0.05, 0.1) is 7.11 Å². The van der Waals surface area contributed by atoms with E-state index in [1.807, 2.05) is 24.3 Å². The highest BCUT2D eigenvalue weighted by atomic mass is 28.4. The van der Waals surface area contributed by atoms with E-state index in [-0.39, 0.29) is 0 Å². The van der Waals surface area contributed by atoms with Gasteiger partial charge in [-0.3, -0.25) is 0 Å². The molecule has 1 rings (SSSR count). The minimum atomic E-state index is -1.76. The van der Waals surface area contributed by atoms with Crippen LogP contribution in [-0.4, -0.2) is 29.6 Å². The number of hydrogen-bond acceptors (Lipinski definition) is 4. The highest BCUT2D eigenvalue weighted by Gasteiger charge is 2.22. The Morgan fingerprint density at radius 3 is 2.15 bits per heavy atom. The molecule has 0 aliphatic carbocycles. The summed E-state index contributed by atoms with van der Waals surface area (Å²) in [5, 5.41) is 4.26. The molecule has 1 aromatic carbocycles. The predicted octanol–water partition coefficient (Wildman–Crippen LogP) is 4.06. The third-order valence-corrected chi connectivity index (χ3v) is 3.57. The highest BCUT2D eigenvalue weighted by molar-refractivity contribution is 6.71. The minimum Gasteiger partial charge on any atom is -0.529 e. The summed E-state index contributed by atoms with van der Waals surface area (Å²) in [7, 11) is -1.85. The summed E-state index contributed by atoms with van der Waals surface area (Å²) in [6, 6.07) is 7.68.